The summed E-state index contributed by atoms with van der Waals surface area (Å²) < 4.78 is 5.04. The maximum Gasteiger partial charge on any atom is 0.267 e. The first-order chi connectivity index (χ1) is 11.4. The van der Waals surface area contributed by atoms with Gasteiger partial charge in [0.2, 0.25) is 0 Å². The summed E-state index contributed by atoms with van der Waals surface area (Å²) in [7, 11) is 1.62. The van der Waals surface area contributed by atoms with Crippen molar-refractivity contribution in [2.45, 2.75) is 39.4 Å². The molecule has 2 rings (SSSR count). The van der Waals surface area contributed by atoms with Crippen LogP contribution in [0.3, 0.4) is 0 Å². The van der Waals surface area contributed by atoms with Crippen LogP contribution in [0.5, 0.6) is 0 Å². The van der Waals surface area contributed by atoms with Gasteiger partial charge < -0.3 is 4.74 Å². The molecule has 130 valence electrons. The number of hydrogen-bond donors (Lipinski definition) is 0. The highest BCUT2D eigenvalue weighted by Crippen LogP contribution is 2.38. The highest BCUT2D eigenvalue weighted by atomic mass is 32.2. The molecule has 2 amide bonds. The van der Waals surface area contributed by atoms with Crippen molar-refractivity contribution in [2.75, 3.05) is 20.3 Å². The SMILES string of the molecule is COCCCN1C(=O)C(SC(C)C)=C(c2ccc(C)c(C)c2)C1=O. The van der Waals surface area contributed by atoms with Gasteiger partial charge in [0, 0.05) is 25.5 Å². The molecule has 1 aromatic carbocycles. The van der Waals surface area contributed by atoms with Crippen LogP contribution in [0.4, 0.5) is 0 Å². The molecule has 0 aromatic heterocycles. The Morgan fingerprint density at radius 3 is 2.42 bits per heavy atom. The van der Waals surface area contributed by atoms with Crippen molar-refractivity contribution < 1.29 is 14.3 Å². The molecular formula is C19H25NO3S. The van der Waals surface area contributed by atoms with Crippen LogP contribution in [-0.2, 0) is 14.3 Å². The molecule has 0 saturated heterocycles. The number of ether oxygens (including phenoxy) is 1. The van der Waals surface area contributed by atoms with E-state index < -0.39 is 0 Å². The minimum Gasteiger partial charge on any atom is -0.385 e. The number of nitrogens with zero attached hydrogens (tertiary/aromatic N) is 1. The highest BCUT2D eigenvalue weighted by Gasteiger charge is 2.39. The van der Waals surface area contributed by atoms with E-state index in [1.165, 1.54) is 22.2 Å². The largest absolute Gasteiger partial charge is 0.385 e. The Hall–Kier alpha value is -1.59. The fraction of sp³-hybridized carbons (Fsp3) is 0.474. The minimum absolute atomic E-state index is 0.178. The molecule has 1 aliphatic rings. The van der Waals surface area contributed by atoms with E-state index >= 15 is 0 Å². The monoisotopic (exact) mass is 347 g/mol. The van der Waals surface area contributed by atoms with E-state index in [-0.39, 0.29) is 17.1 Å². The van der Waals surface area contributed by atoms with Crippen LogP contribution in [0.2, 0.25) is 0 Å². The first kappa shape index (κ1) is 18.7. The zero-order valence-electron chi connectivity index (χ0n) is 15.0. The average Bonchev–Trinajstić information content (AvgIpc) is 2.74. The van der Waals surface area contributed by atoms with E-state index in [0.717, 1.165) is 11.1 Å². The van der Waals surface area contributed by atoms with Gasteiger partial charge in [-0.05, 0) is 37.0 Å². The van der Waals surface area contributed by atoms with Crippen LogP contribution < -0.4 is 0 Å². The van der Waals surface area contributed by atoms with E-state index in [1.807, 2.05) is 45.9 Å². The molecule has 0 fully saturated rings. The Morgan fingerprint density at radius 1 is 1.12 bits per heavy atom. The summed E-state index contributed by atoms with van der Waals surface area (Å²) in [5.74, 6) is -0.370. The van der Waals surface area contributed by atoms with Crippen molar-refractivity contribution in [3.63, 3.8) is 0 Å². The zero-order chi connectivity index (χ0) is 17.9. The number of imide groups is 1. The Labute approximate surface area is 148 Å². The van der Waals surface area contributed by atoms with E-state index in [1.54, 1.807) is 7.11 Å². The first-order valence-electron chi connectivity index (χ1n) is 8.20. The molecule has 0 saturated carbocycles. The van der Waals surface area contributed by atoms with Gasteiger partial charge in [-0.2, -0.15) is 0 Å². The highest BCUT2D eigenvalue weighted by molar-refractivity contribution is 8.04. The van der Waals surface area contributed by atoms with Crippen LogP contribution in [-0.4, -0.2) is 42.2 Å². The van der Waals surface area contributed by atoms with Crippen molar-refractivity contribution in [2.24, 2.45) is 0 Å². The summed E-state index contributed by atoms with van der Waals surface area (Å²) in [6.45, 7) is 9.04. The summed E-state index contributed by atoms with van der Waals surface area (Å²) >= 11 is 1.47. The second-order valence-corrected chi connectivity index (χ2v) is 7.86. The molecule has 5 heteroatoms. The lowest BCUT2D eigenvalue weighted by Gasteiger charge is -2.15. The van der Waals surface area contributed by atoms with Crippen LogP contribution in [0.15, 0.2) is 23.1 Å². The Bertz CT molecular complexity index is 679. The molecule has 0 N–H and O–H groups in total. The number of rotatable bonds is 7. The lowest BCUT2D eigenvalue weighted by atomic mass is 10.0. The van der Waals surface area contributed by atoms with Crippen LogP contribution in [0, 0.1) is 13.8 Å². The topological polar surface area (TPSA) is 46.6 Å². The molecule has 0 spiro atoms. The fourth-order valence-electron chi connectivity index (χ4n) is 2.62. The average molecular weight is 347 g/mol. The fourth-order valence-corrected chi connectivity index (χ4v) is 3.63. The van der Waals surface area contributed by atoms with Gasteiger partial charge >= 0.3 is 0 Å². The minimum atomic E-state index is -0.192. The maximum absolute atomic E-state index is 12.9. The molecule has 1 aliphatic heterocycles. The van der Waals surface area contributed by atoms with Gasteiger partial charge in [0.25, 0.3) is 11.8 Å². The summed E-state index contributed by atoms with van der Waals surface area (Å²) in [5, 5.41) is 0.234. The third-order valence-corrected chi connectivity index (χ3v) is 5.09. The predicted octanol–water partition coefficient (Wildman–Crippen LogP) is 3.56. The smallest absolute Gasteiger partial charge is 0.267 e. The zero-order valence-corrected chi connectivity index (χ0v) is 15.8. The van der Waals surface area contributed by atoms with Crippen LogP contribution in [0.1, 0.15) is 37.0 Å². The van der Waals surface area contributed by atoms with Gasteiger partial charge in [-0.3, -0.25) is 14.5 Å². The third-order valence-electron chi connectivity index (χ3n) is 4.00. The maximum atomic E-state index is 12.9. The van der Waals surface area contributed by atoms with Gasteiger partial charge in [0.1, 0.15) is 0 Å². The van der Waals surface area contributed by atoms with E-state index in [0.29, 0.717) is 30.1 Å². The van der Waals surface area contributed by atoms with Crippen molar-refractivity contribution >= 4 is 29.1 Å². The molecular weight excluding hydrogens is 322 g/mol. The molecule has 0 radical (unpaired) electrons. The van der Waals surface area contributed by atoms with E-state index in [4.69, 9.17) is 4.74 Å². The molecule has 0 atom stereocenters. The number of methoxy groups -OCH3 is 1. The summed E-state index contributed by atoms with van der Waals surface area (Å²) in [6.07, 6.45) is 0.647. The number of hydrogen-bond acceptors (Lipinski definition) is 4. The van der Waals surface area contributed by atoms with Crippen molar-refractivity contribution in [1.29, 1.82) is 0 Å². The van der Waals surface area contributed by atoms with Gasteiger partial charge in [-0.1, -0.05) is 32.0 Å². The lowest BCUT2D eigenvalue weighted by Crippen LogP contribution is -2.33. The molecule has 0 bridgehead atoms. The number of thioether (sulfide) groups is 1. The standard InChI is InChI=1S/C19H25NO3S/c1-12(2)24-17-16(15-8-7-13(3)14(4)11-15)18(21)20(19(17)22)9-6-10-23-5/h7-8,11-12H,6,9-10H2,1-5H3. The third kappa shape index (κ3) is 3.90. The molecule has 4 nitrogen and oxygen atoms in total. The Kier molecular flexibility index (Phi) is 6.24. The van der Waals surface area contributed by atoms with E-state index in [9.17, 15) is 9.59 Å². The molecule has 0 aliphatic carbocycles. The van der Waals surface area contributed by atoms with Gasteiger partial charge in [-0.15, -0.1) is 11.8 Å². The number of carbonyl (C=O) groups excluding carboxylic acids is 2. The first-order valence-corrected chi connectivity index (χ1v) is 9.08. The second-order valence-electron chi connectivity index (χ2n) is 6.28. The Morgan fingerprint density at radius 2 is 1.83 bits per heavy atom. The number of benzene rings is 1. The van der Waals surface area contributed by atoms with Gasteiger partial charge in [0.15, 0.2) is 0 Å². The normalized spacial score (nSPS) is 15.2. The second kappa shape index (κ2) is 7.99. The van der Waals surface area contributed by atoms with Crippen molar-refractivity contribution in [3.8, 4) is 0 Å². The number of carbonyl (C=O) groups is 2. The summed E-state index contributed by atoms with van der Waals surface area (Å²) in [5.41, 5.74) is 3.66. The number of amides is 2. The van der Waals surface area contributed by atoms with E-state index in [2.05, 4.69) is 0 Å². The quantitative estimate of drug-likeness (QED) is 0.559. The molecule has 0 unspecified atom stereocenters. The number of aryl methyl sites for hydroxylation is 2. The van der Waals surface area contributed by atoms with Crippen molar-refractivity contribution in [1.82, 2.24) is 4.90 Å². The molecule has 1 aromatic rings. The van der Waals surface area contributed by atoms with Gasteiger partial charge in [0.05, 0.1) is 10.5 Å². The van der Waals surface area contributed by atoms with Crippen molar-refractivity contribution in [3.05, 3.63) is 39.8 Å². The summed E-state index contributed by atoms with van der Waals surface area (Å²) in [6, 6.07) is 5.93. The predicted molar refractivity (Wildman–Crippen MR) is 98.8 cm³/mol. The van der Waals surface area contributed by atoms with Crippen LogP contribution in [0.25, 0.3) is 5.57 Å². The Balaban J connectivity index is 2.41. The van der Waals surface area contributed by atoms with Gasteiger partial charge in [-0.25, -0.2) is 0 Å². The molecule has 1 heterocycles. The lowest BCUT2D eigenvalue weighted by molar-refractivity contribution is -0.136. The summed E-state index contributed by atoms with van der Waals surface area (Å²) in [4.78, 5) is 27.6. The molecule has 24 heavy (non-hydrogen) atoms. The van der Waals surface area contributed by atoms with Crippen LogP contribution >= 0.6 is 11.8 Å².